The van der Waals surface area contributed by atoms with Gasteiger partial charge in [0, 0.05) is 49.9 Å². The van der Waals surface area contributed by atoms with Gasteiger partial charge < -0.3 is 16.0 Å². The molecular weight excluding hydrogens is 383 g/mol. The highest BCUT2D eigenvalue weighted by atomic mass is 35.5. The molecule has 10 heteroatoms. The lowest BCUT2D eigenvalue weighted by molar-refractivity contribution is -0.143. The summed E-state index contributed by atoms with van der Waals surface area (Å²) in [5.74, 6) is 0.282. The molecule has 1 unspecified atom stereocenters. The zero-order valence-corrected chi connectivity index (χ0v) is 15.7. The van der Waals surface area contributed by atoms with E-state index in [9.17, 15) is 18.0 Å². The van der Waals surface area contributed by atoms with E-state index in [1.165, 1.54) is 4.90 Å². The maximum atomic E-state index is 12.4. The number of benzene rings is 1. The lowest BCUT2D eigenvalue weighted by Crippen LogP contribution is -2.47. The van der Waals surface area contributed by atoms with E-state index in [1.54, 1.807) is 31.3 Å². The van der Waals surface area contributed by atoms with E-state index in [2.05, 4.69) is 20.9 Å². The van der Waals surface area contributed by atoms with Crippen LogP contribution >= 0.6 is 11.6 Å². The minimum atomic E-state index is -4.18. The highest BCUT2D eigenvalue weighted by Crippen LogP contribution is 2.19. The Balaban J connectivity index is 1.67. The molecule has 1 aliphatic rings. The summed E-state index contributed by atoms with van der Waals surface area (Å²) in [4.78, 5) is 17.4. The van der Waals surface area contributed by atoms with Crippen LogP contribution < -0.4 is 16.0 Å². The van der Waals surface area contributed by atoms with Crippen LogP contribution in [0.15, 0.2) is 29.3 Å². The van der Waals surface area contributed by atoms with Crippen LogP contribution in [0.4, 0.5) is 13.2 Å². The first kappa shape index (κ1) is 21.3. The van der Waals surface area contributed by atoms with Crippen LogP contribution in [0, 0.1) is 0 Å². The molecule has 1 atom stereocenters. The van der Waals surface area contributed by atoms with Gasteiger partial charge >= 0.3 is 6.18 Å². The first-order valence-electron chi connectivity index (χ1n) is 8.57. The molecule has 150 valence electrons. The highest BCUT2D eigenvalue weighted by molar-refractivity contribution is 6.30. The second kappa shape index (κ2) is 9.80. The fourth-order valence-corrected chi connectivity index (χ4v) is 2.92. The number of rotatable bonds is 6. The average Bonchev–Trinajstić information content (AvgIpc) is 3.02. The number of amides is 1. The Morgan fingerprint density at radius 2 is 1.93 bits per heavy atom. The third kappa shape index (κ3) is 7.64. The molecule has 1 fully saturated rings. The lowest BCUT2D eigenvalue weighted by atomic mass is 10.2. The Bertz CT molecular complexity index is 651. The third-order valence-electron chi connectivity index (χ3n) is 4.05. The molecule has 1 aromatic rings. The largest absolute Gasteiger partial charge is 0.401 e. The molecule has 0 aliphatic carbocycles. The van der Waals surface area contributed by atoms with Gasteiger partial charge in [-0.1, -0.05) is 11.6 Å². The molecule has 6 nitrogen and oxygen atoms in total. The molecular formula is C17H23ClF3N5O. The molecule has 2 rings (SSSR count). The Labute approximate surface area is 161 Å². The van der Waals surface area contributed by atoms with Gasteiger partial charge in [-0.3, -0.25) is 14.7 Å². The molecule has 1 amide bonds. The van der Waals surface area contributed by atoms with Crippen LogP contribution in [0.2, 0.25) is 5.02 Å². The minimum absolute atomic E-state index is 0.0952. The van der Waals surface area contributed by atoms with Gasteiger partial charge in [0.2, 0.25) is 0 Å². The molecule has 1 aromatic carbocycles. The summed E-state index contributed by atoms with van der Waals surface area (Å²) in [5.41, 5.74) is 0.512. The van der Waals surface area contributed by atoms with Crippen LogP contribution in [0.1, 0.15) is 16.8 Å². The Morgan fingerprint density at radius 1 is 1.26 bits per heavy atom. The lowest BCUT2D eigenvalue weighted by Gasteiger charge is -2.19. The van der Waals surface area contributed by atoms with Crippen molar-refractivity contribution in [2.24, 2.45) is 4.99 Å². The van der Waals surface area contributed by atoms with Crippen molar-refractivity contribution in [1.29, 1.82) is 0 Å². The van der Waals surface area contributed by atoms with E-state index in [0.29, 0.717) is 49.1 Å². The molecule has 27 heavy (non-hydrogen) atoms. The number of hydrogen-bond acceptors (Lipinski definition) is 3. The molecule has 1 aliphatic heterocycles. The summed E-state index contributed by atoms with van der Waals surface area (Å²) in [7, 11) is 1.59. The number of hydrogen-bond donors (Lipinski definition) is 3. The third-order valence-corrected chi connectivity index (χ3v) is 4.30. The van der Waals surface area contributed by atoms with E-state index in [-0.39, 0.29) is 11.9 Å². The standard InChI is InChI=1S/C17H23ClF3N5O/c1-22-16(25-14-6-9-26(10-14)11-17(19,20)21)24-8-7-23-15(27)12-2-4-13(18)5-3-12/h2-5,14H,6-11H2,1H3,(H,23,27)(H2,22,24,25). The Hall–Kier alpha value is -2.00. The monoisotopic (exact) mass is 405 g/mol. The second-order valence-electron chi connectivity index (χ2n) is 6.24. The quantitative estimate of drug-likeness (QED) is 0.384. The van der Waals surface area contributed by atoms with E-state index < -0.39 is 12.7 Å². The number of likely N-dealkylation sites (tertiary alicyclic amines) is 1. The van der Waals surface area contributed by atoms with Crippen molar-refractivity contribution >= 4 is 23.5 Å². The van der Waals surface area contributed by atoms with Crippen molar-refractivity contribution in [3.63, 3.8) is 0 Å². The van der Waals surface area contributed by atoms with Crippen LogP contribution in [0.5, 0.6) is 0 Å². The van der Waals surface area contributed by atoms with E-state index in [0.717, 1.165) is 0 Å². The van der Waals surface area contributed by atoms with Gasteiger partial charge in [-0.25, -0.2) is 0 Å². The number of nitrogens with one attached hydrogen (secondary N) is 3. The highest BCUT2D eigenvalue weighted by Gasteiger charge is 2.34. The first-order valence-corrected chi connectivity index (χ1v) is 8.94. The van der Waals surface area contributed by atoms with Crippen molar-refractivity contribution in [2.45, 2.75) is 18.6 Å². The molecule has 0 spiro atoms. The van der Waals surface area contributed by atoms with Gasteiger partial charge in [0.25, 0.3) is 5.91 Å². The van der Waals surface area contributed by atoms with Crippen LogP contribution in [0.3, 0.4) is 0 Å². The van der Waals surface area contributed by atoms with Gasteiger partial charge in [-0.2, -0.15) is 13.2 Å². The normalized spacial score (nSPS) is 18.4. The summed E-state index contributed by atoms with van der Waals surface area (Å²) in [6.07, 6.45) is -3.57. The van der Waals surface area contributed by atoms with Crippen molar-refractivity contribution in [2.75, 3.05) is 39.8 Å². The number of guanidine groups is 1. The second-order valence-corrected chi connectivity index (χ2v) is 6.68. The van der Waals surface area contributed by atoms with Gasteiger partial charge in [0.05, 0.1) is 6.54 Å². The topological polar surface area (TPSA) is 68.8 Å². The van der Waals surface area contributed by atoms with Gasteiger partial charge in [-0.05, 0) is 30.7 Å². The van der Waals surface area contributed by atoms with Crippen LogP contribution in [-0.2, 0) is 0 Å². The van der Waals surface area contributed by atoms with Gasteiger partial charge in [0.15, 0.2) is 5.96 Å². The molecule has 1 heterocycles. The number of halogens is 4. The SMILES string of the molecule is CN=C(NCCNC(=O)c1ccc(Cl)cc1)NC1CCN(CC(F)(F)F)C1. The van der Waals surface area contributed by atoms with Crippen molar-refractivity contribution in [3.8, 4) is 0 Å². The van der Waals surface area contributed by atoms with E-state index in [1.807, 2.05) is 0 Å². The summed E-state index contributed by atoms with van der Waals surface area (Å²) in [6, 6.07) is 6.47. The average molecular weight is 406 g/mol. The predicted octanol–water partition coefficient (Wildman–Crippen LogP) is 1.87. The number of nitrogens with zero attached hydrogens (tertiary/aromatic N) is 2. The maximum Gasteiger partial charge on any atom is 0.401 e. The molecule has 0 aromatic heterocycles. The summed E-state index contributed by atoms with van der Waals surface area (Å²) >= 11 is 5.78. The molecule has 3 N–H and O–H groups in total. The Morgan fingerprint density at radius 3 is 2.56 bits per heavy atom. The number of carbonyl (C=O) groups is 1. The zero-order chi connectivity index (χ0) is 19.9. The van der Waals surface area contributed by atoms with Crippen LogP contribution in [0.25, 0.3) is 0 Å². The van der Waals surface area contributed by atoms with Gasteiger partial charge in [0.1, 0.15) is 0 Å². The van der Waals surface area contributed by atoms with Gasteiger partial charge in [-0.15, -0.1) is 0 Å². The van der Waals surface area contributed by atoms with Crippen LogP contribution in [-0.4, -0.2) is 68.8 Å². The molecule has 0 bridgehead atoms. The summed E-state index contributed by atoms with van der Waals surface area (Å²) in [6.45, 7) is 0.609. The fourth-order valence-electron chi connectivity index (χ4n) is 2.80. The van der Waals surface area contributed by atoms with Crippen molar-refractivity contribution in [1.82, 2.24) is 20.9 Å². The maximum absolute atomic E-state index is 12.4. The minimum Gasteiger partial charge on any atom is -0.355 e. The van der Waals surface area contributed by atoms with Crippen molar-refractivity contribution < 1.29 is 18.0 Å². The summed E-state index contributed by atoms with van der Waals surface area (Å²) in [5, 5.41) is 9.47. The molecule has 0 saturated carbocycles. The smallest absolute Gasteiger partial charge is 0.355 e. The number of alkyl halides is 3. The first-order chi connectivity index (χ1) is 12.8. The number of aliphatic imine (C=N–C) groups is 1. The van der Waals surface area contributed by atoms with Crippen molar-refractivity contribution in [3.05, 3.63) is 34.9 Å². The van der Waals surface area contributed by atoms with E-state index in [4.69, 9.17) is 11.6 Å². The number of carbonyl (C=O) groups excluding carboxylic acids is 1. The summed E-state index contributed by atoms with van der Waals surface area (Å²) < 4.78 is 37.3. The molecule has 1 saturated heterocycles. The molecule has 0 radical (unpaired) electrons. The predicted molar refractivity (Wildman–Crippen MR) is 99.2 cm³/mol. The zero-order valence-electron chi connectivity index (χ0n) is 14.9. The Kier molecular flexibility index (Phi) is 7.73. The van der Waals surface area contributed by atoms with E-state index >= 15 is 0 Å². The fraction of sp³-hybridized carbons (Fsp3) is 0.529.